The van der Waals surface area contributed by atoms with E-state index in [1.54, 1.807) is 18.9 Å². The molecule has 3 aromatic carbocycles. The van der Waals surface area contributed by atoms with E-state index < -0.39 is 12.0 Å². The number of hydrogen-bond donors (Lipinski definition) is 2. The van der Waals surface area contributed by atoms with Crippen molar-refractivity contribution in [2.24, 2.45) is 0 Å². The minimum atomic E-state index is -0.486. The molecule has 1 aliphatic rings. The number of esters is 1. The van der Waals surface area contributed by atoms with E-state index in [1.165, 1.54) is 0 Å². The van der Waals surface area contributed by atoms with Crippen LogP contribution in [0.1, 0.15) is 35.8 Å². The number of nitrogens with one attached hydrogen (secondary N) is 2. The molecule has 1 atom stereocenters. The smallest absolute Gasteiger partial charge is 0.338 e. The summed E-state index contributed by atoms with van der Waals surface area (Å²) in [6.45, 7) is 3.89. The predicted octanol–water partition coefficient (Wildman–Crippen LogP) is 5.30. The van der Waals surface area contributed by atoms with E-state index in [1.807, 2.05) is 85.8 Å². The van der Waals surface area contributed by atoms with Gasteiger partial charge in [0.25, 0.3) is 5.91 Å². The Morgan fingerprint density at radius 3 is 2.37 bits per heavy atom. The van der Waals surface area contributed by atoms with Gasteiger partial charge in [-0.1, -0.05) is 54.6 Å². The van der Waals surface area contributed by atoms with E-state index in [0.717, 1.165) is 22.4 Å². The van der Waals surface area contributed by atoms with Crippen LogP contribution >= 0.6 is 12.2 Å². The molecule has 35 heavy (non-hydrogen) atoms. The number of ether oxygens (including phenoxy) is 1. The van der Waals surface area contributed by atoms with Crippen LogP contribution in [0.4, 0.5) is 5.69 Å². The van der Waals surface area contributed by atoms with Gasteiger partial charge in [0, 0.05) is 24.0 Å². The second kappa shape index (κ2) is 10.5. The number of nitrogens with zero attached hydrogens (tertiary/aromatic N) is 1. The van der Waals surface area contributed by atoms with E-state index in [-0.39, 0.29) is 12.5 Å². The first-order valence-corrected chi connectivity index (χ1v) is 11.8. The lowest BCUT2D eigenvalue weighted by Gasteiger charge is -2.35. The standard InChI is InChI=1S/C28H27N3O3S/c1-4-34-27(33)24-18(2)31(3)28(35)30-25(24)22-11-8-12-23(17-22)29-26(32)21-15-13-20(14-16-21)19-9-6-5-7-10-19/h5-17,25H,4H2,1-3H3,(H,29,32)(H,30,35). The molecule has 0 saturated carbocycles. The summed E-state index contributed by atoms with van der Waals surface area (Å²) in [5.41, 5.74) is 5.32. The third-order valence-electron chi connectivity index (χ3n) is 5.98. The molecule has 0 spiro atoms. The number of allylic oxidation sites excluding steroid dienone is 1. The van der Waals surface area contributed by atoms with Crippen molar-refractivity contribution in [1.29, 1.82) is 0 Å². The number of carbonyl (C=O) groups is 2. The van der Waals surface area contributed by atoms with E-state index >= 15 is 0 Å². The van der Waals surface area contributed by atoms with Crippen LogP contribution < -0.4 is 10.6 Å². The number of rotatable bonds is 6. The number of carbonyl (C=O) groups excluding carboxylic acids is 2. The van der Waals surface area contributed by atoms with Crippen LogP contribution in [0.15, 0.2) is 90.1 Å². The van der Waals surface area contributed by atoms with Crippen LogP contribution in [-0.4, -0.2) is 35.5 Å². The lowest BCUT2D eigenvalue weighted by molar-refractivity contribution is -0.139. The van der Waals surface area contributed by atoms with Crippen LogP contribution in [0.5, 0.6) is 0 Å². The Bertz CT molecular complexity index is 1290. The topological polar surface area (TPSA) is 70.7 Å². The fourth-order valence-electron chi connectivity index (χ4n) is 4.00. The molecule has 3 aromatic rings. The van der Waals surface area contributed by atoms with Crippen molar-refractivity contribution in [2.75, 3.05) is 19.0 Å². The van der Waals surface area contributed by atoms with Gasteiger partial charge in [-0.2, -0.15) is 0 Å². The number of benzene rings is 3. The van der Waals surface area contributed by atoms with Gasteiger partial charge in [0.1, 0.15) is 0 Å². The molecule has 1 amide bonds. The van der Waals surface area contributed by atoms with Crippen molar-refractivity contribution in [1.82, 2.24) is 10.2 Å². The largest absolute Gasteiger partial charge is 0.463 e. The van der Waals surface area contributed by atoms with Crippen molar-refractivity contribution in [3.05, 3.63) is 101 Å². The third kappa shape index (κ3) is 5.25. The van der Waals surface area contributed by atoms with Crippen molar-refractivity contribution < 1.29 is 14.3 Å². The Balaban J connectivity index is 1.56. The summed E-state index contributed by atoms with van der Waals surface area (Å²) < 4.78 is 5.30. The Labute approximate surface area is 210 Å². The highest BCUT2D eigenvalue weighted by molar-refractivity contribution is 7.80. The first-order chi connectivity index (χ1) is 16.9. The maximum absolute atomic E-state index is 12.9. The molecule has 0 aliphatic carbocycles. The van der Waals surface area contributed by atoms with Gasteiger partial charge in [0.15, 0.2) is 5.11 Å². The van der Waals surface area contributed by atoms with E-state index in [4.69, 9.17) is 17.0 Å². The average molecular weight is 486 g/mol. The molecular formula is C28H27N3O3S. The fraction of sp³-hybridized carbons (Fsp3) is 0.179. The van der Waals surface area contributed by atoms with Gasteiger partial charge >= 0.3 is 5.97 Å². The number of hydrogen-bond acceptors (Lipinski definition) is 4. The highest BCUT2D eigenvalue weighted by Crippen LogP contribution is 2.32. The molecule has 0 bridgehead atoms. The third-order valence-corrected chi connectivity index (χ3v) is 6.37. The Hall–Kier alpha value is -3.97. The van der Waals surface area contributed by atoms with Gasteiger partial charge in [-0.3, -0.25) is 4.79 Å². The maximum atomic E-state index is 12.9. The van der Waals surface area contributed by atoms with Gasteiger partial charge in [-0.05, 0) is 67.0 Å². The van der Waals surface area contributed by atoms with Crippen molar-refractivity contribution in [3.63, 3.8) is 0 Å². The lowest BCUT2D eigenvalue weighted by Crippen LogP contribution is -2.46. The van der Waals surface area contributed by atoms with Crippen LogP contribution in [0, 0.1) is 0 Å². The second-order valence-electron chi connectivity index (χ2n) is 8.18. The van der Waals surface area contributed by atoms with Crippen molar-refractivity contribution in [2.45, 2.75) is 19.9 Å². The molecular weight excluding hydrogens is 458 g/mol. The quantitative estimate of drug-likeness (QED) is 0.365. The van der Waals surface area contributed by atoms with E-state index in [9.17, 15) is 9.59 Å². The molecule has 1 unspecified atom stereocenters. The fourth-order valence-corrected chi connectivity index (χ4v) is 4.26. The molecule has 7 heteroatoms. The molecule has 0 saturated heterocycles. The van der Waals surface area contributed by atoms with E-state index in [2.05, 4.69) is 10.6 Å². The van der Waals surface area contributed by atoms with Crippen LogP contribution in [0.25, 0.3) is 11.1 Å². The molecule has 0 fully saturated rings. The maximum Gasteiger partial charge on any atom is 0.338 e. The normalized spacial score (nSPS) is 15.5. The average Bonchev–Trinajstić information content (AvgIpc) is 2.88. The summed E-state index contributed by atoms with van der Waals surface area (Å²) in [5.74, 6) is -0.615. The monoisotopic (exact) mass is 485 g/mol. The van der Waals surface area contributed by atoms with Crippen LogP contribution in [0.2, 0.25) is 0 Å². The predicted molar refractivity (Wildman–Crippen MR) is 142 cm³/mol. The second-order valence-corrected chi connectivity index (χ2v) is 8.57. The SMILES string of the molecule is CCOC(=O)C1=C(C)N(C)C(=S)NC1c1cccc(NC(=O)c2ccc(-c3ccccc3)cc2)c1. The minimum Gasteiger partial charge on any atom is -0.463 e. The molecule has 4 rings (SSSR count). The summed E-state index contributed by atoms with van der Waals surface area (Å²) in [6.07, 6.45) is 0. The summed E-state index contributed by atoms with van der Waals surface area (Å²) in [4.78, 5) is 27.4. The van der Waals surface area contributed by atoms with Crippen molar-refractivity contribution >= 4 is 34.9 Å². The molecule has 6 nitrogen and oxygen atoms in total. The van der Waals surface area contributed by atoms with Crippen LogP contribution in [-0.2, 0) is 9.53 Å². The first-order valence-electron chi connectivity index (χ1n) is 11.4. The molecule has 2 N–H and O–H groups in total. The van der Waals surface area contributed by atoms with Gasteiger partial charge in [0.2, 0.25) is 0 Å². The molecule has 178 valence electrons. The van der Waals surface area contributed by atoms with Gasteiger partial charge < -0.3 is 20.3 Å². The molecule has 1 aliphatic heterocycles. The first kappa shape index (κ1) is 24.2. The molecule has 0 aromatic heterocycles. The van der Waals surface area contributed by atoms with Gasteiger partial charge in [0.05, 0.1) is 18.2 Å². The summed E-state index contributed by atoms with van der Waals surface area (Å²) in [5, 5.41) is 6.69. The highest BCUT2D eigenvalue weighted by Gasteiger charge is 2.33. The van der Waals surface area contributed by atoms with Crippen molar-refractivity contribution in [3.8, 4) is 11.1 Å². The number of amides is 1. The Morgan fingerprint density at radius 2 is 1.69 bits per heavy atom. The summed E-state index contributed by atoms with van der Waals surface area (Å²) >= 11 is 5.46. The lowest BCUT2D eigenvalue weighted by atomic mass is 9.94. The van der Waals surface area contributed by atoms with Crippen LogP contribution in [0.3, 0.4) is 0 Å². The zero-order chi connectivity index (χ0) is 24.9. The summed E-state index contributed by atoms with van der Waals surface area (Å²) in [6, 6.07) is 24.4. The summed E-state index contributed by atoms with van der Waals surface area (Å²) in [7, 11) is 1.81. The Morgan fingerprint density at radius 1 is 1.00 bits per heavy atom. The Kier molecular flexibility index (Phi) is 7.27. The van der Waals surface area contributed by atoms with E-state index in [0.29, 0.717) is 21.9 Å². The molecule has 0 radical (unpaired) electrons. The number of anilines is 1. The highest BCUT2D eigenvalue weighted by atomic mass is 32.1. The number of thiocarbonyl (C=S) groups is 1. The zero-order valence-corrected chi connectivity index (χ0v) is 20.7. The molecule has 1 heterocycles. The van der Waals surface area contributed by atoms with Gasteiger partial charge in [-0.15, -0.1) is 0 Å². The van der Waals surface area contributed by atoms with Gasteiger partial charge in [-0.25, -0.2) is 4.79 Å². The zero-order valence-electron chi connectivity index (χ0n) is 19.9. The minimum absolute atomic E-state index is 0.217.